The van der Waals surface area contributed by atoms with Crippen LogP contribution < -0.4 is 0 Å². The predicted octanol–water partition coefficient (Wildman–Crippen LogP) is 1.89. The molecule has 1 fully saturated rings. The van der Waals surface area contributed by atoms with Crippen LogP contribution in [0.2, 0.25) is 0 Å². The number of oxazole rings is 1. The number of hydrogen-bond donors (Lipinski definition) is 1. The molecule has 0 aliphatic carbocycles. The minimum Gasteiger partial charge on any atom is -0.440 e. The smallest absolute Gasteiger partial charge is 0.236 e. The Morgan fingerprint density at radius 3 is 3.06 bits per heavy atom. The third-order valence-corrected chi connectivity index (χ3v) is 3.79. The summed E-state index contributed by atoms with van der Waals surface area (Å²) in [6.07, 6.45) is -0.168. The van der Waals surface area contributed by atoms with E-state index in [4.69, 9.17) is 4.42 Å². The van der Waals surface area contributed by atoms with E-state index in [0.29, 0.717) is 5.89 Å². The highest BCUT2D eigenvalue weighted by molar-refractivity contribution is 7.13. The second-order valence-electron chi connectivity index (χ2n) is 4.35. The van der Waals surface area contributed by atoms with Crippen molar-refractivity contribution in [3.05, 3.63) is 29.0 Å². The Morgan fingerprint density at radius 1 is 1.59 bits per heavy atom. The van der Waals surface area contributed by atoms with Crippen LogP contribution in [-0.4, -0.2) is 34.2 Å². The van der Waals surface area contributed by atoms with Crippen molar-refractivity contribution in [1.29, 1.82) is 0 Å². The lowest BCUT2D eigenvalue weighted by Crippen LogP contribution is -2.49. The summed E-state index contributed by atoms with van der Waals surface area (Å²) in [6, 6.07) is 4.00. The van der Waals surface area contributed by atoms with Crippen LogP contribution in [0.3, 0.4) is 0 Å². The van der Waals surface area contributed by atoms with Gasteiger partial charge in [-0.05, 0) is 18.4 Å². The van der Waals surface area contributed by atoms with Gasteiger partial charge >= 0.3 is 0 Å². The molecule has 0 unspecified atom stereocenters. The summed E-state index contributed by atoms with van der Waals surface area (Å²) in [5.41, 5.74) is 0.973. The van der Waals surface area contributed by atoms with E-state index in [9.17, 15) is 5.11 Å². The number of thiophene rings is 1. The molecule has 90 valence electrons. The van der Waals surface area contributed by atoms with E-state index < -0.39 is 0 Å². The summed E-state index contributed by atoms with van der Waals surface area (Å²) in [6.45, 7) is 4.18. The van der Waals surface area contributed by atoms with Crippen LogP contribution in [0.1, 0.15) is 11.5 Å². The van der Waals surface area contributed by atoms with Gasteiger partial charge in [0.1, 0.15) is 5.76 Å². The molecule has 3 rings (SSSR count). The van der Waals surface area contributed by atoms with Gasteiger partial charge < -0.3 is 9.52 Å². The Hall–Kier alpha value is -1.17. The molecule has 17 heavy (non-hydrogen) atoms. The van der Waals surface area contributed by atoms with Crippen molar-refractivity contribution < 1.29 is 9.52 Å². The van der Waals surface area contributed by atoms with Crippen LogP contribution in [0.4, 0.5) is 0 Å². The SMILES string of the molecule is Cc1oc(-c2cccs2)nc1CN1CC(O)C1. The van der Waals surface area contributed by atoms with Crippen molar-refractivity contribution in [2.45, 2.75) is 19.6 Å². The molecule has 0 spiro atoms. The van der Waals surface area contributed by atoms with Gasteiger partial charge in [-0.2, -0.15) is 0 Å². The molecule has 0 saturated carbocycles. The summed E-state index contributed by atoms with van der Waals surface area (Å²) >= 11 is 1.63. The lowest BCUT2D eigenvalue weighted by atomic mass is 10.1. The molecule has 5 heteroatoms. The molecule has 1 aliphatic rings. The molecule has 0 bridgehead atoms. The largest absolute Gasteiger partial charge is 0.440 e. The number of aryl methyl sites for hydroxylation is 1. The van der Waals surface area contributed by atoms with E-state index in [1.54, 1.807) is 11.3 Å². The fourth-order valence-electron chi connectivity index (χ4n) is 1.96. The standard InChI is InChI=1S/C12H14N2O2S/c1-8-10(7-14-5-9(15)6-14)13-12(16-8)11-3-2-4-17-11/h2-4,9,15H,5-7H2,1H3. The second kappa shape index (κ2) is 4.25. The zero-order chi connectivity index (χ0) is 11.8. The Kier molecular flexibility index (Phi) is 2.74. The molecule has 0 atom stereocenters. The first-order valence-electron chi connectivity index (χ1n) is 5.63. The molecule has 1 saturated heterocycles. The van der Waals surface area contributed by atoms with Crippen molar-refractivity contribution >= 4 is 11.3 Å². The van der Waals surface area contributed by atoms with Crippen LogP contribution in [0.25, 0.3) is 10.8 Å². The number of hydrogen-bond acceptors (Lipinski definition) is 5. The zero-order valence-corrected chi connectivity index (χ0v) is 10.4. The van der Waals surface area contributed by atoms with E-state index in [-0.39, 0.29) is 6.10 Å². The number of nitrogens with zero attached hydrogens (tertiary/aromatic N) is 2. The number of aliphatic hydroxyl groups is 1. The first kappa shape index (κ1) is 11.0. The number of aromatic nitrogens is 1. The van der Waals surface area contributed by atoms with Crippen molar-refractivity contribution in [3.8, 4) is 10.8 Å². The number of rotatable bonds is 3. The van der Waals surface area contributed by atoms with Gasteiger partial charge in [0.15, 0.2) is 0 Å². The Labute approximate surface area is 104 Å². The highest BCUT2D eigenvalue weighted by Crippen LogP contribution is 2.26. The Morgan fingerprint density at radius 2 is 2.41 bits per heavy atom. The summed E-state index contributed by atoms with van der Waals surface area (Å²) in [7, 11) is 0. The zero-order valence-electron chi connectivity index (χ0n) is 9.59. The fraction of sp³-hybridized carbons (Fsp3) is 0.417. The number of β-amino-alcohol motifs (C(OH)–C–C–N with tert-alkyl or cyclic N) is 1. The summed E-state index contributed by atoms with van der Waals surface area (Å²) in [4.78, 5) is 7.74. The van der Waals surface area contributed by atoms with Crippen LogP contribution >= 0.6 is 11.3 Å². The van der Waals surface area contributed by atoms with Crippen molar-refractivity contribution in [3.63, 3.8) is 0 Å². The molecule has 0 amide bonds. The normalized spacial score (nSPS) is 17.3. The van der Waals surface area contributed by atoms with E-state index >= 15 is 0 Å². The molecule has 1 N–H and O–H groups in total. The van der Waals surface area contributed by atoms with Crippen molar-refractivity contribution in [2.24, 2.45) is 0 Å². The first-order chi connectivity index (χ1) is 8.22. The topological polar surface area (TPSA) is 49.5 Å². The molecule has 0 radical (unpaired) electrons. The van der Waals surface area contributed by atoms with Crippen LogP contribution in [0.5, 0.6) is 0 Å². The fourth-order valence-corrected chi connectivity index (χ4v) is 2.61. The Bertz CT molecular complexity index is 501. The molecular weight excluding hydrogens is 236 g/mol. The lowest BCUT2D eigenvalue weighted by molar-refractivity contribution is -0.00369. The van der Waals surface area contributed by atoms with Crippen LogP contribution in [0.15, 0.2) is 21.9 Å². The van der Waals surface area contributed by atoms with Gasteiger partial charge in [-0.1, -0.05) is 6.07 Å². The highest BCUT2D eigenvalue weighted by atomic mass is 32.1. The third kappa shape index (κ3) is 2.13. The molecule has 1 aliphatic heterocycles. The number of likely N-dealkylation sites (tertiary alicyclic amines) is 1. The van der Waals surface area contributed by atoms with Gasteiger partial charge in [-0.15, -0.1) is 11.3 Å². The lowest BCUT2D eigenvalue weighted by Gasteiger charge is -2.35. The van der Waals surface area contributed by atoms with Crippen LogP contribution in [-0.2, 0) is 6.54 Å². The van der Waals surface area contributed by atoms with Gasteiger partial charge in [0.05, 0.1) is 16.7 Å². The maximum atomic E-state index is 9.24. The molecular formula is C12H14N2O2S. The highest BCUT2D eigenvalue weighted by Gasteiger charge is 2.26. The van der Waals surface area contributed by atoms with E-state index in [2.05, 4.69) is 9.88 Å². The molecule has 3 heterocycles. The molecule has 4 nitrogen and oxygen atoms in total. The maximum absolute atomic E-state index is 9.24. The minimum atomic E-state index is -0.168. The van der Waals surface area contributed by atoms with Crippen molar-refractivity contribution in [1.82, 2.24) is 9.88 Å². The number of aliphatic hydroxyl groups excluding tert-OH is 1. The second-order valence-corrected chi connectivity index (χ2v) is 5.29. The van der Waals surface area contributed by atoms with Gasteiger partial charge in [-0.25, -0.2) is 4.98 Å². The monoisotopic (exact) mass is 250 g/mol. The predicted molar refractivity (Wildman–Crippen MR) is 65.8 cm³/mol. The van der Waals surface area contributed by atoms with Crippen LogP contribution in [0, 0.1) is 6.92 Å². The maximum Gasteiger partial charge on any atom is 0.236 e. The van der Waals surface area contributed by atoms with E-state index in [1.165, 1.54) is 0 Å². The van der Waals surface area contributed by atoms with E-state index in [0.717, 1.165) is 36.0 Å². The molecule has 2 aromatic rings. The van der Waals surface area contributed by atoms with Gasteiger partial charge in [-0.3, -0.25) is 4.90 Å². The molecule has 2 aromatic heterocycles. The summed E-state index contributed by atoms with van der Waals surface area (Å²) in [5.74, 6) is 1.57. The van der Waals surface area contributed by atoms with Gasteiger partial charge in [0.2, 0.25) is 5.89 Å². The summed E-state index contributed by atoms with van der Waals surface area (Å²) < 4.78 is 5.67. The Balaban J connectivity index is 1.77. The quantitative estimate of drug-likeness (QED) is 0.903. The third-order valence-electron chi connectivity index (χ3n) is 2.94. The minimum absolute atomic E-state index is 0.168. The van der Waals surface area contributed by atoms with Gasteiger partial charge in [0, 0.05) is 19.6 Å². The average molecular weight is 250 g/mol. The van der Waals surface area contributed by atoms with Crippen molar-refractivity contribution in [2.75, 3.05) is 13.1 Å². The average Bonchev–Trinajstić information content (AvgIpc) is 2.86. The summed E-state index contributed by atoms with van der Waals surface area (Å²) in [5, 5.41) is 11.3. The first-order valence-corrected chi connectivity index (χ1v) is 6.51. The van der Waals surface area contributed by atoms with Gasteiger partial charge in [0.25, 0.3) is 0 Å². The molecule has 0 aromatic carbocycles. The van der Waals surface area contributed by atoms with E-state index in [1.807, 2.05) is 24.4 Å².